The first-order valence-corrected chi connectivity index (χ1v) is 8.81. The number of rotatable bonds is 8. The lowest BCUT2D eigenvalue weighted by molar-refractivity contribution is -0.274. The molecule has 9 heteroatoms. The average molecular weight is 404 g/mol. The van der Waals surface area contributed by atoms with Gasteiger partial charge in [0.1, 0.15) is 11.6 Å². The van der Waals surface area contributed by atoms with E-state index < -0.39 is 6.36 Å². The number of ether oxygens (including phenoxy) is 1. The van der Waals surface area contributed by atoms with Crippen LogP contribution in [0.15, 0.2) is 60.7 Å². The van der Waals surface area contributed by atoms with E-state index in [1.54, 1.807) is 12.1 Å². The summed E-state index contributed by atoms with van der Waals surface area (Å²) in [5.41, 5.74) is 1.88. The quantitative estimate of drug-likeness (QED) is 0.526. The number of hydrogen-bond donors (Lipinski definition) is 3. The zero-order valence-corrected chi connectivity index (χ0v) is 15.3. The molecule has 0 aliphatic carbocycles. The fraction of sp³-hybridized carbons (Fsp3) is 0.200. The van der Waals surface area contributed by atoms with Gasteiger partial charge in [0, 0.05) is 24.7 Å². The summed E-state index contributed by atoms with van der Waals surface area (Å²) in [4.78, 5) is 8.66. The van der Waals surface area contributed by atoms with E-state index in [0.717, 1.165) is 5.56 Å². The highest BCUT2D eigenvalue weighted by molar-refractivity contribution is 5.66. The molecule has 29 heavy (non-hydrogen) atoms. The van der Waals surface area contributed by atoms with Gasteiger partial charge in [-0.1, -0.05) is 42.5 Å². The molecule has 0 unspecified atom stereocenters. The minimum Gasteiger partial charge on any atom is -0.406 e. The molecule has 3 rings (SSSR count). The van der Waals surface area contributed by atoms with Gasteiger partial charge in [-0.2, -0.15) is 4.98 Å². The fourth-order valence-corrected chi connectivity index (χ4v) is 2.57. The van der Waals surface area contributed by atoms with Crippen molar-refractivity contribution in [3.05, 3.63) is 66.2 Å². The molecular formula is C20H19F3N4O2. The second-order valence-corrected chi connectivity index (χ2v) is 6.03. The van der Waals surface area contributed by atoms with E-state index in [-0.39, 0.29) is 24.8 Å². The van der Waals surface area contributed by atoms with Crippen LogP contribution in [0.5, 0.6) is 5.75 Å². The van der Waals surface area contributed by atoms with E-state index in [1.807, 2.05) is 30.3 Å². The normalized spacial score (nSPS) is 11.2. The van der Waals surface area contributed by atoms with Crippen LogP contribution in [0, 0.1) is 0 Å². The van der Waals surface area contributed by atoms with Gasteiger partial charge in [0.15, 0.2) is 0 Å². The number of halogens is 3. The van der Waals surface area contributed by atoms with Gasteiger partial charge in [-0.15, -0.1) is 13.2 Å². The molecule has 0 bridgehead atoms. The number of aliphatic hydroxyl groups is 1. The van der Waals surface area contributed by atoms with Crippen LogP contribution >= 0.6 is 0 Å². The Labute approximate surface area is 165 Å². The Kier molecular flexibility index (Phi) is 6.50. The molecular weight excluding hydrogens is 385 g/mol. The molecule has 0 aliphatic rings. The molecule has 0 saturated carbocycles. The van der Waals surface area contributed by atoms with Crippen LogP contribution in [0.1, 0.15) is 5.56 Å². The Hall–Kier alpha value is -3.33. The van der Waals surface area contributed by atoms with Crippen LogP contribution < -0.4 is 15.4 Å². The Morgan fingerprint density at radius 1 is 0.931 bits per heavy atom. The van der Waals surface area contributed by atoms with Gasteiger partial charge in [0.25, 0.3) is 0 Å². The van der Waals surface area contributed by atoms with Gasteiger partial charge < -0.3 is 20.5 Å². The summed E-state index contributed by atoms with van der Waals surface area (Å²) in [5, 5.41) is 15.1. The minimum atomic E-state index is -4.78. The molecule has 0 radical (unpaired) electrons. The van der Waals surface area contributed by atoms with Crippen molar-refractivity contribution in [2.75, 3.05) is 23.8 Å². The predicted octanol–water partition coefficient (Wildman–Crippen LogP) is 4.06. The molecule has 0 aliphatic heterocycles. The monoisotopic (exact) mass is 404 g/mol. The van der Waals surface area contributed by atoms with E-state index in [1.165, 1.54) is 18.2 Å². The maximum absolute atomic E-state index is 12.5. The lowest BCUT2D eigenvalue weighted by Gasteiger charge is -2.13. The standard InChI is InChI=1S/C20H19F3N4O2/c21-20(22,23)29-16-8-4-7-15(11-16)17-12-18(27-19(26-17)24-9-10-28)25-13-14-5-2-1-3-6-14/h1-8,11-12,28H,9-10,13H2,(H2,24,25,26,27). The third kappa shape index (κ3) is 6.35. The summed E-state index contributed by atoms with van der Waals surface area (Å²) in [6, 6.07) is 16.9. The third-order valence-electron chi connectivity index (χ3n) is 3.80. The summed E-state index contributed by atoms with van der Waals surface area (Å²) in [6.45, 7) is 0.627. The van der Waals surface area contributed by atoms with Crippen LogP contribution in [-0.2, 0) is 6.54 Å². The summed E-state index contributed by atoms with van der Waals surface area (Å²) in [7, 11) is 0. The molecule has 1 heterocycles. The second-order valence-electron chi connectivity index (χ2n) is 6.03. The average Bonchev–Trinajstić information content (AvgIpc) is 2.70. The number of nitrogens with one attached hydrogen (secondary N) is 2. The zero-order chi connectivity index (χ0) is 20.7. The lowest BCUT2D eigenvalue weighted by Crippen LogP contribution is -2.17. The van der Waals surface area contributed by atoms with E-state index >= 15 is 0 Å². The zero-order valence-electron chi connectivity index (χ0n) is 15.3. The minimum absolute atomic E-state index is 0.116. The molecule has 0 spiro atoms. The van der Waals surface area contributed by atoms with Gasteiger partial charge in [-0.3, -0.25) is 0 Å². The smallest absolute Gasteiger partial charge is 0.406 e. The van der Waals surface area contributed by atoms with Gasteiger partial charge in [0.05, 0.1) is 12.3 Å². The van der Waals surface area contributed by atoms with Crippen LogP contribution in [0.25, 0.3) is 11.3 Å². The number of hydrogen-bond acceptors (Lipinski definition) is 6. The summed E-state index contributed by atoms with van der Waals surface area (Å²) in [5.74, 6) is 0.396. The lowest BCUT2D eigenvalue weighted by atomic mass is 10.1. The number of aromatic nitrogens is 2. The van der Waals surface area contributed by atoms with Crippen molar-refractivity contribution in [1.82, 2.24) is 9.97 Å². The van der Waals surface area contributed by atoms with Gasteiger partial charge >= 0.3 is 6.36 Å². The molecule has 1 aromatic heterocycles. The molecule has 0 fully saturated rings. The highest BCUT2D eigenvalue weighted by atomic mass is 19.4. The van der Waals surface area contributed by atoms with E-state index in [4.69, 9.17) is 5.11 Å². The molecule has 3 aromatic rings. The highest BCUT2D eigenvalue weighted by Gasteiger charge is 2.31. The van der Waals surface area contributed by atoms with Crippen molar-refractivity contribution in [3.8, 4) is 17.0 Å². The highest BCUT2D eigenvalue weighted by Crippen LogP contribution is 2.28. The van der Waals surface area contributed by atoms with Crippen molar-refractivity contribution >= 4 is 11.8 Å². The SMILES string of the molecule is OCCNc1nc(NCc2ccccc2)cc(-c2cccc(OC(F)(F)F)c2)n1. The maximum Gasteiger partial charge on any atom is 0.573 e. The molecule has 0 saturated heterocycles. The topological polar surface area (TPSA) is 79.3 Å². The van der Waals surface area contributed by atoms with E-state index in [0.29, 0.717) is 23.6 Å². The summed E-state index contributed by atoms with van der Waals surface area (Å²) < 4.78 is 41.5. The van der Waals surface area contributed by atoms with E-state index in [9.17, 15) is 13.2 Å². The van der Waals surface area contributed by atoms with Crippen molar-refractivity contribution in [3.63, 3.8) is 0 Å². The van der Waals surface area contributed by atoms with Crippen LogP contribution in [0.2, 0.25) is 0 Å². The molecule has 152 valence electrons. The van der Waals surface area contributed by atoms with Crippen LogP contribution in [-0.4, -0.2) is 34.6 Å². The largest absolute Gasteiger partial charge is 0.573 e. The van der Waals surface area contributed by atoms with Crippen LogP contribution in [0.3, 0.4) is 0 Å². The van der Waals surface area contributed by atoms with E-state index in [2.05, 4.69) is 25.3 Å². The molecule has 3 N–H and O–H groups in total. The van der Waals surface area contributed by atoms with Gasteiger partial charge in [-0.25, -0.2) is 4.98 Å². The number of aliphatic hydroxyl groups excluding tert-OH is 1. The Bertz CT molecular complexity index is 937. The van der Waals surface area contributed by atoms with Crippen molar-refractivity contribution in [2.45, 2.75) is 12.9 Å². The first kappa shape index (κ1) is 20.4. The predicted molar refractivity (Wildman–Crippen MR) is 103 cm³/mol. The van der Waals surface area contributed by atoms with Crippen molar-refractivity contribution in [2.24, 2.45) is 0 Å². The Balaban J connectivity index is 1.87. The van der Waals surface area contributed by atoms with Gasteiger partial charge in [-0.05, 0) is 17.7 Å². The second kappa shape index (κ2) is 9.24. The number of anilines is 2. The molecule has 2 aromatic carbocycles. The number of alkyl halides is 3. The van der Waals surface area contributed by atoms with Gasteiger partial charge in [0.2, 0.25) is 5.95 Å². The molecule has 0 amide bonds. The van der Waals surface area contributed by atoms with Crippen molar-refractivity contribution < 1.29 is 23.0 Å². The van der Waals surface area contributed by atoms with Crippen molar-refractivity contribution in [1.29, 1.82) is 0 Å². The maximum atomic E-state index is 12.5. The van der Waals surface area contributed by atoms with Crippen LogP contribution in [0.4, 0.5) is 24.9 Å². The fourth-order valence-electron chi connectivity index (χ4n) is 2.57. The Morgan fingerprint density at radius 3 is 2.45 bits per heavy atom. The number of nitrogens with zero attached hydrogens (tertiary/aromatic N) is 2. The third-order valence-corrected chi connectivity index (χ3v) is 3.80. The number of benzene rings is 2. The summed E-state index contributed by atoms with van der Waals surface area (Å²) >= 11 is 0. The first-order chi connectivity index (χ1) is 13.9. The summed E-state index contributed by atoms with van der Waals surface area (Å²) in [6.07, 6.45) is -4.78. The molecule has 0 atom stereocenters. The molecule has 6 nitrogen and oxygen atoms in total. The first-order valence-electron chi connectivity index (χ1n) is 8.81. The Morgan fingerprint density at radius 2 is 1.72 bits per heavy atom.